The molecule has 1 aromatic rings. The van der Waals surface area contributed by atoms with E-state index in [4.69, 9.17) is 13.8 Å². The van der Waals surface area contributed by atoms with Crippen molar-refractivity contribution in [2.24, 2.45) is 0 Å². The highest BCUT2D eigenvalue weighted by Gasteiger charge is 2.03. The highest BCUT2D eigenvalue weighted by molar-refractivity contribution is 7.01. The summed E-state index contributed by atoms with van der Waals surface area (Å²) in [4.78, 5) is 0. The highest BCUT2D eigenvalue weighted by Crippen LogP contribution is 2.12. The maximum atomic E-state index is 12.9. The van der Waals surface area contributed by atoms with Gasteiger partial charge in [0.25, 0.3) is 0 Å². The Morgan fingerprint density at radius 2 is 2.27 bits per heavy atom. The number of hydrogen-bond donors (Lipinski definition) is 0. The first kappa shape index (κ1) is 9.10. The maximum Gasteiger partial charge on any atom is 0.538 e. The van der Waals surface area contributed by atoms with E-state index in [-0.39, 0.29) is 11.6 Å². The average Bonchev–Trinajstić information content (AvgIpc) is 2.04. The molecule has 0 N–H and O–H groups in total. The van der Waals surface area contributed by atoms with E-state index in [0.29, 0.717) is 0 Å². The fraction of sp³-hybridized carbons (Fsp3) is 0.143. The Morgan fingerprint density at radius 3 is 2.73 bits per heavy atom. The van der Waals surface area contributed by atoms with Crippen LogP contribution in [0.1, 0.15) is 0 Å². The molecule has 0 atom stereocenters. The summed E-state index contributed by atoms with van der Waals surface area (Å²) in [5, 5.41) is 0. The van der Waals surface area contributed by atoms with Gasteiger partial charge in [-0.05, 0) is 12.1 Å². The van der Waals surface area contributed by atoms with Crippen LogP contribution in [-0.2, 0) is 0 Å². The Labute approximate surface area is 78.0 Å². The van der Waals surface area contributed by atoms with E-state index < -0.39 is 19.3 Å². The second kappa shape index (κ2) is 4.14. The summed E-state index contributed by atoms with van der Waals surface area (Å²) < 4.78 is 18.5. The van der Waals surface area contributed by atoms with Crippen LogP contribution in [0.15, 0.2) is 18.2 Å². The van der Waals surface area contributed by atoms with E-state index in [1.54, 1.807) is 12.1 Å². The molecule has 0 heterocycles. The molecule has 0 saturated heterocycles. The van der Waals surface area contributed by atoms with E-state index in [0.717, 1.165) is 3.69 Å². The van der Waals surface area contributed by atoms with Gasteiger partial charge in [-0.2, -0.15) is 0 Å². The largest absolute Gasteiger partial charge is 0.538 e. The molecule has 0 aliphatic carbocycles. The Morgan fingerprint density at radius 1 is 1.55 bits per heavy atom. The van der Waals surface area contributed by atoms with Crippen molar-refractivity contribution < 1.29 is 9.13 Å². The van der Waals surface area contributed by atoms with Crippen LogP contribution in [0.2, 0.25) is 0 Å². The number of hydrogen-bond acceptors (Lipinski definition) is 1. The molecule has 0 bridgehead atoms. The zero-order chi connectivity index (χ0) is 8.27. The normalized spacial score (nSPS) is 9.00. The Bertz CT molecular complexity index is 254. The first-order valence-corrected chi connectivity index (χ1v) is 6.01. The third-order valence-electron chi connectivity index (χ3n) is 1.37. The van der Waals surface area contributed by atoms with Crippen LogP contribution < -0.4 is 8.43 Å². The first-order valence-electron chi connectivity index (χ1n) is 3.16. The monoisotopic (exact) mass is 184 g/mol. The van der Waals surface area contributed by atoms with E-state index in [2.05, 4.69) is 0 Å². The molecule has 0 unspecified atom stereocenters. The van der Waals surface area contributed by atoms with Gasteiger partial charge in [-0.1, -0.05) is 6.07 Å². The molecule has 0 amide bonds. The zero-order valence-corrected chi connectivity index (χ0v) is 8.27. The lowest BCUT2D eigenvalue weighted by Gasteiger charge is -2.01. The summed E-state index contributed by atoms with van der Waals surface area (Å²) in [5.41, 5.74) is 0. The lowest BCUT2D eigenvalue weighted by molar-refractivity contribution is 0.387. The van der Waals surface area contributed by atoms with Crippen LogP contribution in [-0.4, -0.2) is 26.4 Å². The smallest absolute Gasteiger partial charge is 0.494 e. The summed E-state index contributed by atoms with van der Waals surface area (Å²) in [6.45, 7) is 0. The topological polar surface area (TPSA) is 9.23 Å². The Kier molecular flexibility index (Phi) is 3.42. The van der Waals surface area contributed by atoms with Gasteiger partial charge in [-0.25, -0.2) is 4.39 Å². The Balaban J connectivity index is 2.99. The lowest BCUT2D eigenvalue weighted by Crippen LogP contribution is -2.09. The Hall–Kier alpha value is 0.00623. The van der Waals surface area contributed by atoms with E-state index >= 15 is 0 Å². The third kappa shape index (κ3) is 2.22. The summed E-state index contributed by atoms with van der Waals surface area (Å²) >= 11 is -0.777. The van der Waals surface area contributed by atoms with Crippen molar-refractivity contribution in [3.8, 4) is 5.75 Å². The molecule has 0 aliphatic rings. The summed E-state index contributed by atoms with van der Waals surface area (Å²) in [6.07, 6.45) is 0. The predicted octanol–water partition coefficient (Wildman–Crippen LogP) is 1.32. The minimum atomic E-state index is -0.777. The summed E-state index contributed by atoms with van der Waals surface area (Å²) in [6, 6.07) is 4.82. The van der Waals surface area contributed by atoms with Crippen LogP contribution in [0, 0.1) is 5.82 Å². The molecule has 0 aliphatic heterocycles. The maximum absolute atomic E-state index is 12.9. The molecular weight excluding hydrogens is 179 g/mol. The fourth-order valence-corrected chi connectivity index (χ4v) is 1.76. The number of rotatable bonds is 2. The molecular formula is C7H6ClFMgO. The van der Waals surface area contributed by atoms with E-state index in [1.165, 1.54) is 13.2 Å². The minimum Gasteiger partial charge on any atom is -0.494 e. The summed E-state index contributed by atoms with van der Waals surface area (Å²) in [5.74, 6) is -0.0639. The van der Waals surface area contributed by atoms with Crippen molar-refractivity contribution in [1.29, 1.82) is 0 Å². The van der Waals surface area contributed by atoms with Gasteiger partial charge in [0, 0.05) is 0 Å². The van der Waals surface area contributed by atoms with Gasteiger partial charge in [0.2, 0.25) is 0 Å². The van der Waals surface area contributed by atoms with Crippen LogP contribution in [0.4, 0.5) is 4.39 Å². The first-order chi connectivity index (χ1) is 5.27. The molecule has 1 nitrogen and oxygen atoms in total. The molecule has 1 aromatic carbocycles. The number of halogens is 2. The van der Waals surface area contributed by atoms with Crippen LogP contribution in [0.5, 0.6) is 5.75 Å². The number of methoxy groups -OCH3 is 1. The third-order valence-corrected chi connectivity index (χ3v) is 3.04. The fourth-order valence-electron chi connectivity index (χ4n) is 0.793. The van der Waals surface area contributed by atoms with Crippen molar-refractivity contribution in [3.63, 3.8) is 0 Å². The van der Waals surface area contributed by atoms with Gasteiger partial charge in [-0.3, -0.25) is 0 Å². The molecule has 56 valence electrons. The van der Waals surface area contributed by atoms with E-state index in [1.807, 2.05) is 0 Å². The molecule has 0 aromatic heterocycles. The molecule has 0 saturated carbocycles. The SMILES string of the molecule is COc1cc[c]([Mg][Cl])cc1F. The molecule has 0 spiro atoms. The van der Waals surface area contributed by atoms with Crippen molar-refractivity contribution in [3.05, 3.63) is 24.0 Å². The van der Waals surface area contributed by atoms with Crippen LogP contribution in [0.25, 0.3) is 0 Å². The quantitative estimate of drug-likeness (QED) is 0.631. The highest BCUT2D eigenvalue weighted by atomic mass is 35.5. The van der Waals surface area contributed by atoms with Gasteiger partial charge >= 0.3 is 19.3 Å². The average molecular weight is 185 g/mol. The van der Waals surface area contributed by atoms with Crippen molar-refractivity contribution in [1.82, 2.24) is 0 Å². The molecule has 0 radical (unpaired) electrons. The molecule has 0 fully saturated rings. The lowest BCUT2D eigenvalue weighted by atomic mass is 10.3. The van der Waals surface area contributed by atoms with Gasteiger partial charge < -0.3 is 13.8 Å². The van der Waals surface area contributed by atoms with Gasteiger partial charge in [-0.15, -0.1) is 3.69 Å². The van der Waals surface area contributed by atoms with E-state index in [9.17, 15) is 4.39 Å². The second-order valence-corrected chi connectivity index (χ2v) is 3.99. The minimum absolute atomic E-state index is 0.271. The van der Waals surface area contributed by atoms with Crippen molar-refractivity contribution in [2.75, 3.05) is 7.11 Å². The van der Waals surface area contributed by atoms with Crippen molar-refractivity contribution >= 4 is 32.0 Å². The van der Waals surface area contributed by atoms with Crippen molar-refractivity contribution in [2.45, 2.75) is 0 Å². The molecule has 4 heteroatoms. The molecule has 11 heavy (non-hydrogen) atoms. The number of benzene rings is 1. The second-order valence-electron chi connectivity index (χ2n) is 2.10. The molecule has 1 rings (SSSR count). The van der Waals surface area contributed by atoms with Gasteiger partial charge in [0.05, 0.1) is 7.11 Å². The predicted molar refractivity (Wildman–Crippen MR) is 44.2 cm³/mol. The summed E-state index contributed by atoms with van der Waals surface area (Å²) in [7, 11) is 7.07. The zero-order valence-electron chi connectivity index (χ0n) is 6.10. The van der Waals surface area contributed by atoms with Gasteiger partial charge in [0.1, 0.15) is 0 Å². The number of ether oxygens (including phenoxy) is 1. The van der Waals surface area contributed by atoms with Crippen LogP contribution >= 0.6 is 9.07 Å². The van der Waals surface area contributed by atoms with Gasteiger partial charge in [0.15, 0.2) is 11.6 Å². The standard InChI is InChI=1S/C7H6FO.ClH.Mg/c1-9-7-5-3-2-4-6(7)8;;/h3-5H,1H3;1H;/q;;+1/p-1. The van der Waals surface area contributed by atoms with Crippen LogP contribution in [0.3, 0.4) is 0 Å².